The SMILES string of the molecule is O=C(Nc1ccc(Cl)cc1F)c1cccc(S(=O)(=O)N2CCCC2)c1. The van der Waals surface area contributed by atoms with E-state index < -0.39 is 21.7 Å². The normalized spacial score (nSPS) is 15.3. The molecule has 2 aromatic rings. The molecule has 0 aliphatic carbocycles. The second kappa shape index (κ2) is 7.11. The molecule has 132 valence electrons. The number of nitrogens with zero attached hydrogens (tertiary/aromatic N) is 1. The number of benzene rings is 2. The van der Waals surface area contributed by atoms with E-state index in [-0.39, 0.29) is 21.2 Å². The predicted molar refractivity (Wildman–Crippen MR) is 93.8 cm³/mol. The van der Waals surface area contributed by atoms with E-state index in [1.807, 2.05) is 0 Å². The first-order chi connectivity index (χ1) is 11.9. The molecular formula is C17H16ClFN2O3S. The van der Waals surface area contributed by atoms with Crippen LogP contribution in [0.2, 0.25) is 5.02 Å². The summed E-state index contributed by atoms with van der Waals surface area (Å²) in [5, 5.41) is 2.64. The number of halogens is 2. The quantitative estimate of drug-likeness (QED) is 0.879. The Hall–Kier alpha value is -1.96. The van der Waals surface area contributed by atoms with Crippen molar-refractivity contribution in [3.05, 3.63) is 58.9 Å². The topological polar surface area (TPSA) is 66.5 Å². The van der Waals surface area contributed by atoms with E-state index >= 15 is 0 Å². The average molecular weight is 383 g/mol. The van der Waals surface area contributed by atoms with Crippen LogP contribution in [0.5, 0.6) is 0 Å². The molecular weight excluding hydrogens is 367 g/mol. The van der Waals surface area contributed by atoms with E-state index in [4.69, 9.17) is 11.6 Å². The van der Waals surface area contributed by atoms with Crippen molar-refractivity contribution in [2.45, 2.75) is 17.7 Å². The number of carbonyl (C=O) groups is 1. The Morgan fingerprint density at radius 1 is 1.12 bits per heavy atom. The molecule has 1 N–H and O–H groups in total. The zero-order chi connectivity index (χ0) is 18.0. The summed E-state index contributed by atoms with van der Waals surface area (Å²) in [6, 6.07) is 9.62. The molecule has 1 saturated heterocycles. The molecule has 1 amide bonds. The summed E-state index contributed by atoms with van der Waals surface area (Å²) in [5.41, 5.74) is 0.108. The zero-order valence-corrected chi connectivity index (χ0v) is 14.8. The maximum absolute atomic E-state index is 13.8. The summed E-state index contributed by atoms with van der Waals surface area (Å²) in [7, 11) is -3.62. The van der Waals surface area contributed by atoms with Gasteiger partial charge in [0.05, 0.1) is 10.6 Å². The summed E-state index contributed by atoms with van der Waals surface area (Å²) in [6.07, 6.45) is 1.66. The molecule has 1 fully saturated rings. The summed E-state index contributed by atoms with van der Waals surface area (Å²) in [4.78, 5) is 12.4. The van der Waals surface area contributed by atoms with Crippen molar-refractivity contribution in [3.8, 4) is 0 Å². The minimum absolute atomic E-state index is 0.0257. The van der Waals surface area contributed by atoms with Crippen LogP contribution in [0.25, 0.3) is 0 Å². The van der Waals surface area contributed by atoms with E-state index in [0.717, 1.165) is 18.9 Å². The van der Waals surface area contributed by atoms with Gasteiger partial charge in [0.15, 0.2) is 0 Å². The molecule has 3 rings (SSSR count). The van der Waals surface area contributed by atoms with Crippen molar-refractivity contribution in [3.63, 3.8) is 0 Å². The molecule has 25 heavy (non-hydrogen) atoms. The molecule has 0 spiro atoms. The van der Waals surface area contributed by atoms with E-state index in [2.05, 4.69) is 5.32 Å². The first-order valence-corrected chi connectivity index (χ1v) is 9.56. The number of hydrogen-bond acceptors (Lipinski definition) is 3. The highest BCUT2D eigenvalue weighted by Crippen LogP contribution is 2.23. The van der Waals surface area contributed by atoms with Crippen LogP contribution in [0.3, 0.4) is 0 Å². The van der Waals surface area contributed by atoms with Crippen molar-refractivity contribution >= 4 is 33.2 Å². The molecule has 0 radical (unpaired) electrons. The van der Waals surface area contributed by atoms with Crippen molar-refractivity contribution in [1.29, 1.82) is 0 Å². The van der Waals surface area contributed by atoms with Crippen molar-refractivity contribution in [2.24, 2.45) is 0 Å². The molecule has 5 nitrogen and oxygen atoms in total. The smallest absolute Gasteiger partial charge is 0.255 e. The summed E-state index contributed by atoms with van der Waals surface area (Å²) >= 11 is 5.68. The Bertz CT molecular complexity index is 912. The maximum atomic E-state index is 13.8. The molecule has 0 atom stereocenters. The first kappa shape index (κ1) is 17.8. The number of sulfonamides is 1. The van der Waals surface area contributed by atoms with Gasteiger partial charge >= 0.3 is 0 Å². The van der Waals surface area contributed by atoms with Crippen LogP contribution in [-0.2, 0) is 10.0 Å². The predicted octanol–water partition coefficient (Wildman–Crippen LogP) is 3.52. The Kier molecular flexibility index (Phi) is 5.08. The first-order valence-electron chi connectivity index (χ1n) is 7.74. The molecule has 1 aliphatic rings. The summed E-state index contributed by atoms with van der Waals surface area (Å²) < 4.78 is 40.4. The van der Waals surface area contributed by atoms with Gasteiger partial charge in [-0.1, -0.05) is 17.7 Å². The minimum atomic E-state index is -3.62. The Morgan fingerprint density at radius 2 is 1.84 bits per heavy atom. The van der Waals surface area contributed by atoms with Gasteiger partial charge in [-0.2, -0.15) is 4.31 Å². The van der Waals surface area contributed by atoms with Gasteiger partial charge in [0.1, 0.15) is 5.82 Å². The van der Waals surface area contributed by atoms with Crippen molar-refractivity contribution < 1.29 is 17.6 Å². The molecule has 2 aromatic carbocycles. The van der Waals surface area contributed by atoms with Crippen LogP contribution in [0.15, 0.2) is 47.4 Å². The van der Waals surface area contributed by atoms with Crippen LogP contribution < -0.4 is 5.32 Å². The van der Waals surface area contributed by atoms with Gasteiger partial charge in [-0.25, -0.2) is 12.8 Å². The second-order valence-corrected chi connectivity index (χ2v) is 8.09. The molecule has 8 heteroatoms. The van der Waals surface area contributed by atoms with Crippen LogP contribution in [0, 0.1) is 5.82 Å². The van der Waals surface area contributed by atoms with Crippen LogP contribution in [-0.4, -0.2) is 31.7 Å². The molecule has 0 unspecified atom stereocenters. The monoisotopic (exact) mass is 382 g/mol. The largest absolute Gasteiger partial charge is 0.319 e. The third-order valence-corrected chi connectivity index (χ3v) is 6.11. The summed E-state index contributed by atoms with van der Waals surface area (Å²) in [5.74, 6) is -1.26. The molecule has 0 saturated carbocycles. The van der Waals surface area contributed by atoms with Gasteiger partial charge in [0.25, 0.3) is 5.91 Å². The fourth-order valence-electron chi connectivity index (χ4n) is 2.66. The number of anilines is 1. The van der Waals surface area contributed by atoms with E-state index in [1.165, 1.54) is 40.7 Å². The zero-order valence-electron chi connectivity index (χ0n) is 13.2. The van der Waals surface area contributed by atoms with Crippen molar-refractivity contribution in [2.75, 3.05) is 18.4 Å². The van der Waals surface area contributed by atoms with E-state index in [1.54, 1.807) is 0 Å². The van der Waals surface area contributed by atoms with Gasteiger partial charge in [0, 0.05) is 23.7 Å². The van der Waals surface area contributed by atoms with Gasteiger partial charge < -0.3 is 5.32 Å². The van der Waals surface area contributed by atoms with E-state index in [9.17, 15) is 17.6 Å². The Morgan fingerprint density at radius 3 is 2.52 bits per heavy atom. The third kappa shape index (κ3) is 3.84. The molecule has 0 bridgehead atoms. The highest BCUT2D eigenvalue weighted by Gasteiger charge is 2.27. The highest BCUT2D eigenvalue weighted by atomic mass is 35.5. The molecule has 0 aromatic heterocycles. The number of rotatable bonds is 4. The Balaban J connectivity index is 1.84. The lowest BCUT2D eigenvalue weighted by molar-refractivity contribution is 0.102. The third-order valence-electron chi connectivity index (χ3n) is 3.98. The van der Waals surface area contributed by atoms with Crippen LogP contribution >= 0.6 is 11.6 Å². The standard InChI is InChI=1S/C17H16ClFN2O3S/c18-13-6-7-16(15(19)11-13)20-17(22)12-4-3-5-14(10-12)25(23,24)21-8-1-2-9-21/h3-7,10-11H,1-2,8-9H2,(H,20,22). The number of nitrogens with one attached hydrogen (secondary N) is 1. The van der Waals surface area contributed by atoms with Gasteiger partial charge in [-0.3, -0.25) is 4.79 Å². The Labute approximate surface area is 150 Å². The highest BCUT2D eigenvalue weighted by molar-refractivity contribution is 7.89. The van der Waals surface area contributed by atoms with Gasteiger partial charge in [-0.15, -0.1) is 0 Å². The lowest BCUT2D eigenvalue weighted by atomic mass is 10.2. The number of amides is 1. The average Bonchev–Trinajstić information content (AvgIpc) is 3.13. The van der Waals surface area contributed by atoms with Crippen LogP contribution in [0.4, 0.5) is 10.1 Å². The molecule has 1 heterocycles. The van der Waals surface area contributed by atoms with Crippen LogP contribution in [0.1, 0.15) is 23.2 Å². The number of carbonyl (C=O) groups excluding carboxylic acids is 1. The fraction of sp³-hybridized carbons (Fsp3) is 0.235. The maximum Gasteiger partial charge on any atom is 0.255 e. The fourth-order valence-corrected chi connectivity index (χ4v) is 4.38. The lowest BCUT2D eigenvalue weighted by Gasteiger charge is -2.16. The van der Waals surface area contributed by atoms with Gasteiger partial charge in [0.2, 0.25) is 10.0 Å². The summed E-state index contributed by atoms with van der Waals surface area (Å²) in [6.45, 7) is 0.962. The minimum Gasteiger partial charge on any atom is -0.319 e. The number of hydrogen-bond donors (Lipinski definition) is 1. The van der Waals surface area contributed by atoms with Gasteiger partial charge in [-0.05, 0) is 49.2 Å². The second-order valence-electron chi connectivity index (χ2n) is 5.72. The van der Waals surface area contributed by atoms with Crippen molar-refractivity contribution in [1.82, 2.24) is 4.31 Å². The van der Waals surface area contributed by atoms with E-state index in [0.29, 0.717) is 13.1 Å². The lowest BCUT2D eigenvalue weighted by Crippen LogP contribution is -2.28. The molecule has 1 aliphatic heterocycles.